The van der Waals surface area contributed by atoms with E-state index in [4.69, 9.17) is 0 Å². The average molecular weight is 273 g/mol. The molecule has 0 atom stereocenters. The van der Waals surface area contributed by atoms with E-state index in [2.05, 4.69) is 45.7 Å². The molecule has 0 amide bonds. The molecule has 15 heavy (non-hydrogen) atoms. The van der Waals surface area contributed by atoms with Crippen LogP contribution in [0, 0.1) is 0 Å². The highest BCUT2D eigenvalue weighted by atomic mass is 79.9. The Morgan fingerprint density at radius 3 is 2.20 bits per heavy atom. The molecule has 1 heterocycles. The number of pyridine rings is 1. The van der Waals surface area contributed by atoms with Gasteiger partial charge in [-0.15, -0.1) is 0 Å². The van der Waals surface area contributed by atoms with Crippen molar-refractivity contribution in [3.63, 3.8) is 0 Å². The number of hydrogen-bond donors (Lipinski definition) is 0. The van der Waals surface area contributed by atoms with Crippen LogP contribution in [0.25, 0.3) is 0 Å². The molecule has 0 bridgehead atoms. The Labute approximate surface area is 102 Å². The van der Waals surface area contributed by atoms with Gasteiger partial charge in [-0.2, -0.15) is 0 Å². The number of aromatic nitrogens is 1. The van der Waals surface area contributed by atoms with Crippen LogP contribution in [0.1, 0.15) is 33.3 Å². The zero-order chi connectivity index (χ0) is 11.7. The van der Waals surface area contributed by atoms with Crippen molar-refractivity contribution in [3.8, 4) is 0 Å². The first kappa shape index (κ1) is 14.6. The van der Waals surface area contributed by atoms with E-state index in [1.165, 1.54) is 5.56 Å². The van der Waals surface area contributed by atoms with Gasteiger partial charge in [0.15, 0.2) is 0 Å². The first-order chi connectivity index (χ1) is 7.26. The largest absolute Gasteiger partial charge is 0.300 e. The Bertz CT molecular complexity index is 242. The molecule has 1 aromatic rings. The van der Waals surface area contributed by atoms with Gasteiger partial charge in [0.25, 0.3) is 0 Å². The summed E-state index contributed by atoms with van der Waals surface area (Å²) in [6.45, 7) is 11.5. The van der Waals surface area contributed by atoms with Gasteiger partial charge in [-0.3, -0.25) is 4.90 Å². The lowest BCUT2D eigenvalue weighted by atomic mass is 10.2. The topological polar surface area (TPSA) is 16.1 Å². The van der Waals surface area contributed by atoms with Gasteiger partial charge in [0.05, 0.1) is 0 Å². The van der Waals surface area contributed by atoms with E-state index in [0.29, 0.717) is 0 Å². The predicted molar refractivity (Wildman–Crippen MR) is 69.9 cm³/mol. The van der Waals surface area contributed by atoms with Crippen molar-refractivity contribution in [2.75, 3.05) is 13.1 Å². The van der Waals surface area contributed by atoms with Gasteiger partial charge in [0.2, 0.25) is 0 Å². The van der Waals surface area contributed by atoms with Crippen LogP contribution in [0.3, 0.4) is 0 Å². The van der Waals surface area contributed by atoms with E-state index < -0.39 is 0 Å². The summed E-state index contributed by atoms with van der Waals surface area (Å²) in [4.78, 5) is 6.56. The summed E-state index contributed by atoms with van der Waals surface area (Å²) >= 11 is 3.32. The van der Waals surface area contributed by atoms with E-state index in [1.54, 1.807) is 0 Å². The fourth-order valence-electron chi connectivity index (χ4n) is 1.21. The molecule has 0 aliphatic carbocycles. The van der Waals surface area contributed by atoms with Crippen molar-refractivity contribution in [1.29, 1.82) is 0 Å². The zero-order valence-corrected chi connectivity index (χ0v) is 11.7. The molecule has 0 saturated carbocycles. The minimum atomic E-state index is 0.899. The summed E-state index contributed by atoms with van der Waals surface area (Å²) in [5.74, 6) is 0. The lowest BCUT2D eigenvalue weighted by Crippen LogP contribution is -2.22. The van der Waals surface area contributed by atoms with Crippen molar-refractivity contribution in [3.05, 3.63) is 28.5 Å². The van der Waals surface area contributed by atoms with Crippen LogP contribution in [0.15, 0.2) is 22.9 Å². The third-order valence-corrected chi connectivity index (χ3v) is 2.56. The molecule has 0 saturated heterocycles. The van der Waals surface area contributed by atoms with Crippen molar-refractivity contribution >= 4 is 15.9 Å². The summed E-state index contributed by atoms with van der Waals surface area (Å²) in [7, 11) is 0. The maximum absolute atomic E-state index is 4.19. The summed E-state index contributed by atoms with van der Waals surface area (Å²) in [6.07, 6.45) is 1.92. The van der Waals surface area contributed by atoms with Gasteiger partial charge in [-0.25, -0.2) is 4.98 Å². The second kappa shape index (κ2) is 8.86. The van der Waals surface area contributed by atoms with Gasteiger partial charge in [-0.1, -0.05) is 33.8 Å². The average Bonchev–Trinajstić information content (AvgIpc) is 2.31. The third kappa shape index (κ3) is 5.90. The quantitative estimate of drug-likeness (QED) is 0.777. The molecule has 0 aromatic carbocycles. The Hall–Kier alpha value is -0.410. The highest BCUT2D eigenvalue weighted by Crippen LogP contribution is 2.08. The smallest absolute Gasteiger partial charge is 0.106 e. The number of hydrogen-bond acceptors (Lipinski definition) is 2. The van der Waals surface area contributed by atoms with Gasteiger partial charge in [-0.05, 0) is 40.6 Å². The molecule has 0 radical (unpaired) electrons. The molecule has 0 N–H and O–H groups in total. The van der Waals surface area contributed by atoms with Crippen LogP contribution in [-0.4, -0.2) is 23.0 Å². The molecule has 1 aromatic heterocycles. The Morgan fingerprint density at radius 1 is 1.20 bits per heavy atom. The summed E-state index contributed by atoms with van der Waals surface area (Å²) in [6, 6.07) is 4.09. The first-order valence-electron chi connectivity index (χ1n) is 5.59. The van der Waals surface area contributed by atoms with Crippen molar-refractivity contribution in [2.45, 2.75) is 34.2 Å². The molecule has 1 rings (SSSR count). The molecular weight excluding hydrogens is 252 g/mol. The number of halogens is 1. The lowest BCUT2D eigenvalue weighted by Gasteiger charge is -2.17. The van der Waals surface area contributed by atoms with Crippen LogP contribution >= 0.6 is 15.9 Å². The Morgan fingerprint density at radius 2 is 1.80 bits per heavy atom. The maximum atomic E-state index is 4.19. The molecule has 0 aliphatic heterocycles. The van der Waals surface area contributed by atoms with Gasteiger partial charge in [0, 0.05) is 12.7 Å². The predicted octanol–water partition coefficient (Wildman–Crippen LogP) is 3.71. The Balaban J connectivity index is 0.000000921. The van der Waals surface area contributed by atoms with Crippen molar-refractivity contribution in [1.82, 2.24) is 9.88 Å². The third-order valence-electron chi connectivity index (χ3n) is 2.09. The molecule has 0 fully saturated rings. The SMILES string of the molecule is CC.CCN(CC)Cc1ccc(Br)nc1. The molecular formula is C12H21BrN2. The molecule has 3 heteroatoms. The second-order valence-corrected chi connectivity index (χ2v) is 3.76. The highest BCUT2D eigenvalue weighted by Gasteiger charge is 2.00. The minimum Gasteiger partial charge on any atom is -0.300 e. The van der Waals surface area contributed by atoms with Gasteiger partial charge < -0.3 is 0 Å². The van der Waals surface area contributed by atoms with E-state index in [-0.39, 0.29) is 0 Å². The second-order valence-electron chi connectivity index (χ2n) is 2.95. The van der Waals surface area contributed by atoms with Gasteiger partial charge >= 0.3 is 0 Å². The first-order valence-corrected chi connectivity index (χ1v) is 6.38. The number of rotatable bonds is 4. The van der Waals surface area contributed by atoms with Crippen LogP contribution in [0.5, 0.6) is 0 Å². The summed E-state index contributed by atoms with van der Waals surface area (Å²) in [5.41, 5.74) is 1.27. The lowest BCUT2D eigenvalue weighted by molar-refractivity contribution is 0.295. The standard InChI is InChI=1S/C10H15BrN2.C2H6/c1-3-13(4-2)8-9-5-6-10(11)12-7-9;1-2/h5-7H,3-4,8H2,1-2H3;1-2H3. The fraction of sp³-hybridized carbons (Fsp3) is 0.583. The monoisotopic (exact) mass is 272 g/mol. The minimum absolute atomic E-state index is 0.899. The normalized spacial score (nSPS) is 9.73. The van der Waals surface area contributed by atoms with Gasteiger partial charge in [0.1, 0.15) is 4.60 Å². The van der Waals surface area contributed by atoms with Crippen LogP contribution in [0.2, 0.25) is 0 Å². The molecule has 0 unspecified atom stereocenters. The number of nitrogens with zero attached hydrogens (tertiary/aromatic N) is 2. The van der Waals surface area contributed by atoms with Crippen LogP contribution in [0.4, 0.5) is 0 Å². The molecule has 86 valence electrons. The van der Waals surface area contributed by atoms with E-state index in [9.17, 15) is 0 Å². The maximum Gasteiger partial charge on any atom is 0.106 e. The van der Waals surface area contributed by atoms with E-state index in [0.717, 1.165) is 24.2 Å². The van der Waals surface area contributed by atoms with Crippen molar-refractivity contribution in [2.24, 2.45) is 0 Å². The summed E-state index contributed by atoms with van der Waals surface area (Å²) in [5, 5.41) is 0. The fourth-order valence-corrected chi connectivity index (χ4v) is 1.44. The zero-order valence-electron chi connectivity index (χ0n) is 10.1. The van der Waals surface area contributed by atoms with Crippen LogP contribution < -0.4 is 0 Å². The van der Waals surface area contributed by atoms with E-state index in [1.807, 2.05) is 26.1 Å². The van der Waals surface area contributed by atoms with Crippen molar-refractivity contribution < 1.29 is 0 Å². The van der Waals surface area contributed by atoms with E-state index >= 15 is 0 Å². The Kier molecular flexibility index (Phi) is 8.62. The molecule has 2 nitrogen and oxygen atoms in total. The van der Waals surface area contributed by atoms with Crippen LogP contribution in [-0.2, 0) is 6.54 Å². The molecule has 0 aliphatic rings. The summed E-state index contributed by atoms with van der Waals surface area (Å²) < 4.78 is 0.899. The molecule has 0 spiro atoms. The highest BCUT2D eigenvalue weighted by molar-refractivity contribution is 9.10.